The zero-order valence-corrected chi connectivity index (χ0v) is 16.7. The number of hydrogen-bond acceptors (Lipinski definition) is 4. The standard InChI is InChI=1S/C21H19F3N4O3/c1-27(20(30)31-2)13-14-3-7-16(8-4-14)25-19(29)15-5-9-17(10-6-15)28-12-11-18(26-28)21(22,23)24/h3-12H,13H2,1-2H3,(H,25,29). The molecule has 162 valence electrons. The molecule has 0 bridgehead atoms. The van der Waals surface area contributed by atoms with Gasteiger partial charge < -0.3 is 15.0 Å². The molecule has 0 aliphatic carbocycles. The van der Waals surface area contributed by atoms with Crippen molar-refractivity contribution in [1.29, 1.82) is 0 Å². The molecule has 3 rings (SSSR count). The number of amides is 2. The Morgan fingerprint density at radius 1 is 1.06 bits per heavy atom. The Bertz CT molecular complexity index is 1060. The van der Waals surface area contributed by atoms with Gasteiger partial charge in [0.1, 0.15) is 0 Å². The lowest BCUT2D eigenvalue weighted by molar-refractivity contribution is -0.141. The van der Waals surface area contributed by atoms with Crippen LogP contribution in [0.25, 0.3) is 5.69 Å². The second-order valence-electron chi connectivity index (χ2n) is 6.67. The molecule has 0 spiro atoms. The number of rotatable bonds is 5. The molecule has 2 amide bonds. The van der Waals surface area contributed by atoms with Crippen LogP contribution in [0, 0.1) is 0 Å². The molecule has 0 saturated carbocycles. The van der Waals surface area contributed by atoms with E-state index in [4.69, 9.17) is 0 Å². The Labute approximate surface area is 176 Å². The average Bonchev–Trinajstić information content (AvgIpc) is 3.25. The van der Waals surface area contributed by atoms with Crippen LogP contribution in [0.1, 0.15) is 21.6 Å². The maximum atomic E-state index is 12.7. The Balaban J connectivity index is 1.63. The van der Waals surface area contributed by atoms with Crippen molar-refractivity contribution in [3.63, 3.8) is 0 Å². The number of carbonyl (C=O) groups excluding carboxylic acids is 2. The second kappa shape index (κ2) is 8.90. The highest BCUT2D eigenvalue weighted by Gasteiger charge is 2.33. The van der Waals surface area contributed by atoms with Gasteiger partial charge in [0.25, 0.3) is 5.91 Å². The summed E-state index contributed by atoms with van der Waals surface area (Å²) in [7, 11) is 2.91. The summed E-state index contributed by atoms with van der Waals surface area (Å²) in [6, 6.07) is 13.8. The first-order valence-electron chi connectivity index (χ1n) is 9.10. The maximum Gasteiger partial charge on any atom is 0.435 e. The molecule has 1 heterocycles. The van der Waals surface area contributed by atoms with E-state index in [1.807, 2.05) is 0 Å². The smallest absolute Gasteiger partial charge is 0.435 e. The van der Waals surface area contributed by atoms with E-state index in [0.717, 1.165) is 16.3 Å². The van der Waals surface area contributed by atoms with E-state index in [-0.39, 0.29) is 5.91 Å². The van der Waals surface area contributed by atoms with Crippen LogP contribution in [0.5, 0.6) is 0 Å². The molecule has 2 aromatic carbocycles. The number of alkyl halides is 3. The summed E-state index contributed by atoms with van der Waals surface area (Å²) in [4.78, 5) is 25.3. The molecule has 31 heavy (non-hydrogen) atoms. The van der Waals surface area contributed by atoms with Gasteiger partial charge in [0.2, 0.25) is 0 Å². The number of ether oxygens (including phenoxy) is 1. The largest absolute Gasteiger partial charge is 0.453 e. The van der Waals surface area contributed by atoms with Gasteiger partial charge in [-0.25, -0.2) is 9.48 Å². The monoisotopic (exact) mass is 432 g/mol. The molecule has 1 N–H and O–H groups in total. The summed E-state index contributed by atoms with van der Waals surface area (Å²) in [5, 5.41) is 6.24. The summed E-state index contributed by atoms with van der Waals surface area (Å²) in [5.74, 6) is -0.373. The van der Waals surface area contributed by atoms with E-state index in [0.29, 0.717) is 23.5 Å². The van der Waals surface area contributed by atoms with E-state index in [1.165, 1.54) is 42.5 Å². The number of hydrogen-bond donors (Lipinski definition) is 1. The van der Waals surface area contributed by atoms with Crippen LogP contribution in [0.3, 0.4) is 0 Å². The van der Waals surface area contributed by atoms with Crippen LogP contribution in [0.4, 0.5) is 23.7 Å². The summed E-state index contributed by atoms with van der Waals surface area (Å²) in [5.41, 5.74) is 1.15. The molecule has 0 aliphatic heterocycles. The van der Waals surface area contributed by atoms with Crippen molar-refractivity contribution < 1.29 is 27.5 Å². The molecular formula is C21H19F3N4O3. The molecule has 0 radical (unpaired) electrons. The Hall–Kier alpha value is -3.82. The van der Waals surface area contributed by atoms with Gasteiger partial charge in [-0.1, -0.05) is 12.1 Å². The molecule has 0 aliphatic rings. The highest BCUT2D eigenvalue weighted by molar-refractivity contribution is 6.04. The first-order valence-corrected chi connectivity index (χ1v) is 9.10. The minimum Gasteiger partial charge on any atom is -0.453 e. The third kappa shape index (κ3) is 5.41. The van der Waals surface area contributed by atoms with Gasteiger partial charge >= 0.3 is 12.3 Å². The number of benzene rings is 2. The average molecular weight is 432 g/mol. The molecule has 0 fully saturated rings. The predicted molar refractivity (Wildman–Crippen MR) is 107 cm³/mol. The highest BCUT2D eigenvalue weighted by atomic mass is 19.4. The van der Waals surface area contributed by atoms with Gasteiger partial charge in [0.05, 0.1) is 12.8 Å². The molecular weight excluding hydrogens is 413 g/mol. The molecule has 7 nitrogen and oxygen atoms in total. The van der Waals surface area contributed by atoms with Gasteiger partial charge in [-0.05, 0) is 48.0 Å². The normalized spacial score (nSPS) is 11.1. The Kier molecular flexibility index (Phi) is 6.28. The van der Waals surface area contributed by atoms with Crippen molar-refractivity contribution in [1.82, 2.24) is 14.7 Å². The lowest BCUT2D eigenvalue weighted by Gasteiger charge is -2.15. The summed E-state index contributed by atoms with van der Waals surface area (Å²) in [6.07, 6.45) is -3.77. The number of nitrogens with zero attached hydrogens (tertiary/aromatic N) is 3. The van der Waals surface area contributed by atoms with Crippen molar-refractivity contribution in [3.8, 4) is 5.69 Å². The fraction of sp³-hybridized carbons (Fsp3) is 0.190. The van der Waals surface area contributed by atoms with Crippen molar-refractivity contribution >= 4 is 17.7 Å². The van der Waals surface area contributed by atoms with E-state index < -0.39 is 18.0 Å². The third-order valence-electron chi connectivity index (χ3n) is 4.39. The van der Waals surface area contributed by atoms with Gasteiger partial charge in [-0.2, -0.15) is 18.3 Å². The fourth-order valence-electron chi connectivity index (χ4n) is 2.78. The Morgan fingerprint density at radius 2 is 1.71 bits per heavy atom. The van der Waals surface area contributed by atoms with Crippen LogP contribution in [0.15, 0.2) is 60.8 Å². The lowest BCUT2D eigenvalue weighted by Crippen LogP contribution is -2.25. The lowest BCUT2D eigenvalue weighted by atomic mass is 10.1. The zero-order valence-electron chi connectivity index (χ0n) is 16.7. The van der Waals surface area contributed by atoms with Gasteiger partial charge in [0.15, 0.2) is 5.69 Å². The fourth-order valence-corrected chi connectivity index (χ4v) is 2.78. The minimum absolute atomic E-state index is 0.335. The molecule has 0 saturated heterocycles. The summed E-state index contributed by atoms with van der Waals surface area (Å²) < 4.78 is 43.8. The van der Waals surface area contributed by atoms with Crippen LogP contribution < -0.4 is 5.32 Å². The van der Waals surface area contributed by atoms with E-state index >= 15 is 0 Å². The molecule has 0 atom stereocenters. The van der Waals surface area contributed by atoms with Crippen molar-refractivity contribution in [3.05, 3.63) is 77.6 Å². The number of nitrogens with one attached hydrogen (secondary N) is 1. The third-order valence-corrected chi connectivity index (χ3v) is 4.39. The maximum absolute atomic E-state index is 12.7. The second-order valence-corrected chi connectivity index (χ2v) is 6.67. The van der Waals surface area contributed by atoms with Gasteiger partial charge in [0, 0.05) is 31.0 Å². The van der Waals surface area contributed by atoms with E-state index in [1.54, 1.807) is 31.3 Å². The number of halogens is 3. The van der Waals surface area contributed by atoms with E-state index in [9.17, 15) is 22.8 Å². The minimum atomic E-state index is -4.52. The molecule has 10 heteroatoms. The highest BCUT2D eigenvalue weighted by Crippen LogP contribution is 2.28. The van der Waals surface area contributed by atoms with Crippen LogP contribution >= 0.6 is 0 Å². The van der Waals surface area contributed by atoms with E-state index in [2.05, 4.69) is 15.2 Å². The van der Waals surface area contributed by atoms with Crippen LogP contribution in [-0.4, -0.2) is 40.8 Å². The first-order chi connectivity index (χ1) is 14.7. The van der Waals surface area contributed by atoms with Gasteiger partial charge in [-0.15, -0.1) is 0 Å². The summed E-state index contributed by atoms with van der Waals surface area (Å²) in [6.45, 7) is 0.353. The molecule has 3 aromatic rings. The number of methoxy groups -OCH3 is 1. The topological polar surface area (TPSA) is 76.5 Å². The van der Waals surface area contributed by atoms with Crippen molar-refractivity contribution in [2.45, 2.75) is 12.7 Å². The molecule has 0 unspecified atom stereocenters. The van der Waals surface area contributed by atoms with Gasteiger partial charge in [-0.3, -0.25) is 4.79 Å². The number of carbonyl (C=O) groups is 2. The number of aromatic nitrogens is 2. The predicted octanol–water partition coefficient (Wildman–Crippen LogP) is 4.34. The van der Waals surface area contributed by atoms with Crippen molar-refractivity contribution in [2.24, 2.45) is 0 Å². The van der Waals surface area contributed by atoms with Crippen LogP contribution in [-0.2, 0) is 17.5 Å². The Morgan fingerprint density at radius 3 is 2.26 bits per heavy atom. The summed E-state index contributed by atoms with van der Waals surface area (Å²) >= 11 is 0. The quantitative estimate of drug-likeness (QED) is 0.651. The van der Waals surface area contributed by atoms with Crippen molar-refractivity contribution in [2.75, 3.05) is 19.5 Å². The number of anilines is 1. The molecule has 1 aromatic heterocycles. The van der Waals surface area contributed by atoms with Crippen LogP contribution in [0.2, 0.25) is 0 Å². The zero-order chi connectivity index (χ0) is 22.6. The first kappa shape index (κ1) is 21.9. The SMILES string of the molecule is COC(=O)N(C)Cc1ccc(NC(=O)c2ccc(-n3ccc(C(F)(F)F)n3)cc2)cc1.